The third-order valence-electron chi connectivity index (χ3n) is 1.000. The summed E-state index contributed by atoms with van der Waals surface area (Å²) in [7, 11) is -0.229. The molecule has 0 radical (unpaired) electrons. The lowest BCUT2D eigenvalue weighted by molar-refractivity contribution is 0.857. The molecule has 0 unspecified atom stereocenters. The molecule has 0 bridgehead atoms. The van der Waals surface area contributed by atoms with Crippen LogP contribution in [-0.2, 0) is 0 Å². The summed E-state index contributed by atoms with van der Waals surface area (Å²) in [6.45, 7) is 1.02. The van der Waals surface area contributed by atoms with E-state index in [1.54, 1.807) is 0 Å². The zero-order chi connectivity index (χ0) is 5.66. The maximum atomic E-state index is 3.44. The second kappa shape index (κ2) is 4.38. The lowest BCUT2D eigenvalue weighted by Crippen LogP contribution is -2.53. The molecule has 0 spiro atoms. The Bertz CT molecular complexity index is 35.2. The fourth-order valence-corrected chi connectivity index (χ4v) is 6.27. The quantitative estimate of drug-likeness (QED) is 0.272. The number of hydrogen-bond acceptors (Lipinski definition) is 4. The Morgan fingerprint density at radius 2 is 1.50 bits per heavy atom. The highest BCUT2D eigenvalue weighted by atomic mass is 28.3. The number of hydrogen-bond donors (Lipinski definition) is 4. The Hall–Kier alpha value is 0.491. The lowest BCUT2D eigenvalue weighted by atomic mass is 11.3. The van der Waals surface area contributed by atoms with Crippen molar-refractivity contribution in [3.63, 3.8) is 0 Å². The molecule has 0 amide bonds. The van der Waals surface area contributed by atoms with E-state index in [2.05, 4.69) is 19.3 Å². The predicted molar refractivity (Wildman–Crippen MR) is 43.0 cm³/mol. The molecule has 0 aliphatic carbocycles. The lowest BCUT2D eigenvalue weighted by Gasteiger charge is -2.11. The minimum absolute atomic E-state index is 0.0500. The normalized spacial score (nSPS) is 33.0. The molecule has 1 rings (SSSR count). The average Bonchev–Trinajstić information content (AvgIpc) is 1.62. The first-order valence-electron chi connectivity index (χ1n) is 2.83. The fraction of sp³-hybridized carbons (Fsp3) is 1.00. The molecule has 0 atom stereocenters. The molecular weight excluding hydrogens is 152 g/mol. The van der Waals surface area contributed by atoms with Gasteiger partial charge in [0.15, 0.2) is 29.5 Å². The first-order valence-corrected chi connectivity index (χ1v) is 7.07. The summed E-state index contributed by atoms with van der Waals surface area (Å²) in [4.78, 5) is 6.67. The van der Waals surface area contributed by atoms with E-state index < -0.39 is 0 Å². The van der Waals surface area contributed by atoms with Crippen LogP contribution >= 0.6 is 0 Å². The molecule has 1 aliphatic heterocycles. The Kier molecular flexibility index (Phi) is 3.62. The molecule has 0 aromatic carbocycles. The van der Waals surface area contributed by atoms with Crippen molar-refractivity contribution in [3.8, 4) is 0 Å². The molecule has 1 saturated heterocycles. The molecule has 1 heterocycles. The largest absolute Gasteiger partial charge is 0.346 e. The van der Waals surface area contributed by atoms with Gasteiger partial charge in [-0.05, 0) is 0 Å². The van der Waals surface area contributed by atoms with Crippen molar-refractivity contribution in [1.82, 2.24) is 19.3 Å². The van der Waals surface area contributed by atoms with Crippen molar-refractivity contribution in [1.29, 1.82) is 0 Å². The summed E-state index contributed by atoms with van der Waals surface area (Å²) in [6.07, 6.45) is 0. The van der Waals surface area contributed by atoms with Crippen molar-refractivity contribution in [2.75, 3.05) is 6.67 Å². The maximum Gasteiger partial charge on any atom is 0.162 e. The van der Waals surface area contributed by atoms with Gasteiger partial charge in [-0.25, -0.2) is 0 Å². The van der Waals surface area contributed by atoms with Gasteiger partial charge >= 0.3 is 0 Å². The highest BCUT2D eigenvalue weighted by molar-refractivity contribution is 6.55. The third-order valence-corrected chi connectivity index (χ3v) is 6.00. The van der Waals surface area contributed by atoms with Gasteiger partial charge in [-0.3, -0.25) is 0 Å². The summed E-state index contributed by atoms with van der Waals surface area (Å²) in [5.41, 5.74) is 0. The summed E-state index contributed by atoms with van der Waals surface area (Å²) in [5, 5.41) is 0. The molecule has 7 heteroatoms. The maximum absolute atomic E-state index is 3.44. The smallest absolute Gasteiger partial charge is 0.162 e. The minimum atomic E-state index is -0.0895. The Morgan fingerprint density at radius 1 is 0.875 bits per heavy atom. The number of nitrogens with one attached hydrogen (secondary N) is 4. The molecule has 4 nitrogen and oxygen atoms in total. The van der Waals surface area contributed by atoms with Gasteiger partial charge in [0.25, 0.3) is 0 Å². The van der Waals surface area contributed by atoms with Crippen molar-refractivity contribution < 1.29 is 0 Å². The van der Waals surface area contributed by atoms with E-state index in [0.29, 0.717) is 0 Å². The molecule has 0 saturated carbocycles. The van der Waals surface area contributed by atoms with E-state index in [1.807, 2.05) is 0 Å². The molecule has 8 heavy (non-hydrogen) atoms. The van der Waals surface area contributed by atoms with Crippen LogP contribution in [0.25, 0.3) is 0 Å². The molecule has 1 aliphatic rings. The van der Waals surface area contributed by atoms with Crippen LogP contribution in [-0.4, -0.2) is 36.2 Å². The van der Waals surface area contributed by atoms with Crippen LogP contribution in [0.2, 0.25) is 0 Å². The summed E-state index contributed by atoms with van der Waals surface area (Å²) >= 11 is 0. The van der Waals surface area contributed by atoms with Crippen LogP contribution in [0.3, 0.4) is 0 Å². The van der Waals surface area contributed by atoms with Gasteiger partial charge in [0.05, 0.1) is 0 Å². The van der Waals surface area contributed by atoms with Crippen LogP contribution < -0.4 is 19.3 Å². The molecule has 0 aromatic heterocycles. The van der Waals surface area contributed by atoms with Gasteiger partial charge in [-0.1, -0.05) is 0 Å². The van der Waals surface area contributed by atoms with Gasteiger partial charge in [0, 0.05) is 6.67 Å². The van der Waals surface area contributed by atoms with Gasteiger partial charge in [-0.15, -0.1) is 0 Å². The first kappa shape index (κ1) is 6.61. The fourth-order valence-electron chi connectivity index (χ4n) is 0.604. The first-order chi connectivity index (χ1) is 4.00. The zero-order valence-electron chi connectivity index (χ0n) is 4.83. The SMILES string of the molecule is C1N[SiH2]N[SiH2]N[SiH2]N1. The van der Waals surface area contributed by atoms with Crippen LogP contribution in [0, 0.1) is 0 Å². The Morgan fingerprint density at radius 3 is 2.12 bits per heavy atom. The second-order valence-electron chi connectivity index (χ2n) is 1.71. The van der Waals surface area contributed by atoms with E-state index in [-0.39, 0.29) is 29.5 Å². The predicted octanol–water partition coefficient (Wildman–Crippen LogP) is -4.69. The number of rotatable bonds is 0. The second-order valence-corrected chi connectivity index (χ2v) is 7.77. The van der Waals surface area contributed by atoms with Crippen LogP contribution in [0.4, 0.5) is 0 Å². The molecule has 1 fully saturated rings. The summed E-state index contributed by atoms with van der Waals surface area (Å²) < 4.78 is 6.88. The average molecular weight is 164 g/mol. The van der Waals surface area contributed by atoms with E-state index >= 15 is 0 Å². The van der Waals surface area contributed by atoms with Crippen LogP contribution in [0.1, 0.15) is 0 Å². The van der Waals surface area contributed by atoms with Crippen LogP contribution in [0.5, 0.6) is 0 Å². The van der Waals surface area contributed by atoms with Crippen molar-refractivity contribution in [2.45, 2.75) is 0 Å². The van der Waals surface area contributed by atoms with Gasteiger partial charge < -0.3 is 19.3 Å². The summed E-state index contributed by atoms with van der Waals surface area (Å²) in [6, 6.07) is 0. The molecule has 4 N–H and O–H groups in total. The third kappa shape index (κ3) is 2.71. The van der Waals surface area contributed by atoms with Crippen molar-refractivity contribution in [3.05, 3.63) is 0 Å². The standard InChI is InChI=1S/CH12N4Si3/c1-2-6-4-8-5-7-3-1/h2-5H,1,6-8H2. The zero-order valence-corrected chi connectivity index (χ0v) is 9.07. The van der Waals surface area contributed by atoms with Crippen molar-refractivity contribution in [2.24, 2.45) is 0 Å². The Labute approximate surface area is 56.1 Å². The molecular formula is CH12N4Si3. The highest BCUT2D eigenvalue weighted by Crippen LogP contribution is 1.49. The van der Waals surface area contributed by atoms with Gasteiger partial charge in [0.1, 0.15) is 0 Å². The van der Waals surface area contributed by atoms with Gasteiger partial charge in [0.2, 0.25) is 0 Å². The minimum Gasteiger partial charge on any atom is -0.346 e. The topological polar surface area (TPSA) is 48.1 Å². The van der Waals surface area contributed by atoms with E-state index in [0.717, 1.165) is 6.67 Å². The summed E-state index contributed by atoms with van der Waals surface area (Å²) in [5.74, 6) is 0. The molecule has 48 valence electrons. The van der Waals surface area contributed by atoms with Crippen LogP contribution in [0.15, 0.2) is 0 Å². The van der Waals surface area contributed by atoms with Crippen molar-refractivity contribution >= 4 is 29.5 Å². The molecule has 0 aromatic rings. The van der Waals surface area contributed by atoms with E-state index in [9.17, 15) is 0 Å². The van der Waals surface area contributed by atoms with Gasteiger partial charge in [-0.2, -0.15) is 0 Å². The van der Waals surface area contributed by atoms with E-state index in [4.69, 9.17) is 0 Å². The Balaban J connectivity index is 2.00. The van der Waals surface area contributed by atoms with E-state index in [1.165, 1.54) is 0 Å². The monoisotopic (exact) mass is 164 g/mol. The highest BCUT2D eigenvalue weighted by Gasteiger charge is 1.92.